The van der Waals surface area contributed by atoms with E-state index in [0.29, 0.717) is 18.1 Å². The van der Waals surface area contributed by atoms with E-state index in [1.807, 2.05) is 7.05 Å². The first-order valence-corrected chi connectivity index (χ1v) is 9.36. The summed E-state index contributed by atoms with van der Waals surface area (Å²) in [5, 5.41) is 6.70. The van der Waals surface area contributed by atoms with Crippen LogP contribution in [0.2, 0.25) is 0 Å². The molecule has 2 atom stereocenters. The average molecular weight is 347 g/mol. The Morgan fingerprint density at radius 1 is 1.12 bits per heavy atom. The first-order valence-electron chi connectivity index (χ1n) is 9.36. The SMILES string of the molecule is CN=C(NCc1ccc(CN2CC(C)OC(C)C2)cc1)NCC(C)C. The Bertz CT molecular complexity index is 531. The number of benzene rings is 1. The number of rotatable bonds is 6. The van der Waals surface area contributed by atoms with Crippen LogP contribution in [0.1, 0.15) is 38.8 Å². The molecule has 1 aromatic rings. The molecular weight excluding hydrogens is 312 g/mol. The average Bonchev–Trinajstić information content (AvgIpc) is 2.55. The van der Waals surface area contributed by atoms with Crippen LogP contribution < -0.4 is 10.6 Å². The fraction of sp³-hybridized carbons (Fsp3) is 0.650. The summed E-state index contributed by atoms with van der Waals surface area (Å²) in [6.45, 7) is 13.4. The minimum Gasteiger partial charge on any atom is -0.373 e. The molecule has 1 saturated heterocycles. The van der Waals surface area contributed by atoms with E-state index in [9.17, 15) is 0 Å². The van der Waals surface area contributed by atoms with Gasteiger partial charge in [0.25, 0.3) is 0 Å². The van der Waals surface area contributed by atoms with E-state index < -0.39 is 0 Å². The highest BCUT2D eigenvalue weighted by Crippen LogP contribution is 2.14. The summed E-state index contributed by atoms with van der Waals surface area (Å²) < 4.78 is 5.81. The van der Waals surface area contributed by atoms with Crippen molar-refractivity contribution in [2.75, 3.05) is 26.7 Å². The molecule has 1 fully saturated rings. The lowest BCUT2D eigenvalue weighted by atomic mass is 10.1. The molecule has 140 valence electrons. The maximum atomic E-state index is 5.81. The molecule has 0 radical (unpaired) electrons. The number of morpholine rings is 1. The molecule has 1 aliphatic rings. The summed E-state index contributed by atoms with van der Waals surface area (Å²) in [6, 6.07) is 8.86. The maximum Gasteiger partial charge on any atom is 0.191 e. The fourth-order valence-corrected chi connectivity index (χ4v) is 3.14. The van der Waals surface area contributed by atoms with Crippen LogP contribution in [0.25, 0.3) is 0 Å². The van der Waals surface area contributed by atoms with Crippen molar-refractivity contribution < 1.29 is 4.74 Å². The molecule has 0 saturated carbocycles. The second-order valence-electron chi connectivity index (χ2n) is 7.47. The summed E-state index contributed by atoms with van der Waals surface area (Å²) >= 11 is 0. The Morgan fingerprint density at radius 3 is 2.28 bits per heavy atom. The molecule has 5 heteroatoms. The molecule has 25 heavy (non-hydrogen) atoms. The molecule has 1 heterocycles. The van der Waals surface area contributed by atoms with E-state index in [4.69, 9.17) is 4.74 Å². The van der Waals surface area contributed by atoms with Gasteiger partial charge in [0.05, 0.1) is 12.2 Å². The quantitative estimate of drug-likeness (QED) is 0.614. The van der Waals surface area contributed by atoms with Crippen LogP contribution in [0.3, 0.4) is 0 Å². The van der Waals surface area contributed by atoms with Gasteiger partial charge in [0, 0.05) is 39.8 Å². The third kappa shape index (κ3) is 7.04. The molecule has 0 amide bonds. The molecular formula is C20H34N4O. The molecule has 0 bridgehead atoms. The highest BCUT2D eigenvalue weighted by atomic mass is 16.5. The van der Waals surface area contributed by atoms with Gasteiger partial charge >= 0.3 is 0 Å². The Balaban J connectivity index is 1.81. The molecule has 5 nitrogen and oxygen atoms in total. The van der Waals surface area contributed by atoms with Crippen molar-refractivity contribution in [1.82, 2.24) is 15.5 Å². The summed E-state index contributed by atoms with van der Waals surface area (Å²) in [7, 11) is 1.81. The predicted octanol–water partition coefficient (Wildman–Crippen LogP) is 2.62. The molecule has 0 spiro atoms. The smallest absolute Gasteiger partial charge is 0.191 e. The summed E-state index contributed by atoms with van der Waals surface area (Å²) in [4.78, 5) is 6.74. The van der Waals surface area contributed by atoms with Gasteiger partial charge in [0.1, 0.15) is 0 Å². The lowest BCUT2D eigenvalue weighted by molar-refractivity contribution is -0.0704. The van der Waals surface area contributed by atoms with Crippen molar-refractivity contribution in [2.45, 2.75) is 53.0 Å². The minimum absolute atomic E-state index is 0.317. The van der Waals surface area contributed by atoms with E-state index in [0.717, 1.165) is 38.7 Å². The third-order valence-corrected chi connectivity index (χ3v) is 4.29. The maximum absolute atomic E-state index is 5.81. The van der Waals surface area contributed by atoms with Gasteiger partial charge in [-0.25, -0.2) is 0 Å². The zero-order valence-electron chi connectivity index (χ0n) is 16.4. The molecule has 2 rings (SSSR count). The summed E-state index contributed by atoms with van der Waals surface area (Å²) in [5.74, 6) is 1.46. The van der Waals surface area contributed by atoms with E-state index >= 15 is 0 Å². The van der Waals surface area contributed by atoms with E-state index in [1.165, 1.54) is 11.1 Å². The zero-order valence-corrected chi connectivity index (χ0v) is 16.4. The van der Waals surface area contributed by atoms with Crippen LogP contribution in [0, 0.1) is 5.92 Å². The normalized spacial score (nSPS) is 22.2. The van der Waals surface area contributed by atoms with Crippen LogP contribution >= 0.6 is 0 Å². The van der Waals surface area contributed by atoms with Crippen molar-refractivity contribution in [1.29, 1.82) is 0 Å². The first kappa shape index (κ1) is 19.7. The number of nitrogens with zero attached hydrogens (tertiary/aromatic N) is 2. The second-order valence-corrected chi connectivity index (χ2v) is 7.47. The van der Waals surface area contributed by atoms with E-state index in [-0.39, 0.29) is 0 Å². The second kappa shape index (κ2) is 9.78. The molecule has 1 aromatic carbocycles. The van der Waals surface area contributed by atoms with Gasteiger partial charge in [-0.3, -0.25) is 9.89 Å². The molecule has 0 aliphatic carbocycles. The first-order chi connectivity index (χ1) is 12.0. The number of guanidine groups is 1. The van der Waals surface area contributed by atoms with Gasteiger partial charge in [-0.15, -0.1) is 0 Å². The summed E-state index contributed by atoms with van der Waals surface area (Å²) in [5.41, 5.74) is 2.62. The largest absolute Gasteiger partial charge is 0.373 e. The molecule has 2 unspecified atom stereocenters. The van der Waals surface area contributed by atoms with Crippen molar-refractivity contribution in [2.24, 2.45) is 10.9 Å². The van der Waals surface area contributed by atoms with Crippen LogP contribution in [0.15, 0.2) is 29.3 Å². The number of aliphatic imine (C=N–C) groups is 1. The van der Waals surface area contributed by atoms with Crippen LogP contribution in [-0.4, -0.2) is 49.7 Å². The highest BCUT2D eigenvalue weighted by Gasteiger charge is 2.21. The van der Waals surface area contributed by atoms with Gasteiger partial charge in [-0.2, -0.15) is 0 Å². The van der Waals surface area contributed by atoms with Crippen molar-refractivity contribution in [3.63, 3.8) is 0 Å². The Kier molecular flexibility index (Phi) is 7.72. The molecule has 1 aliphatic heterocycles. The van der Waals surface area contributed by atoms with Crippen LogP contribution in [0.4, 0.5) is 0 Å². The lowest BCUT2D eigenvalue weighted by Gasteiger charge is -2.35. The Labute approximate surface area is 152 Å². The topological polar surface area (TPSA) is 48.9 Å². The van der Waals surface area contributed by atoms with Gasteiger partial charge < -0.3 is 15.4 Å². The lowest BCUT2D eigenvalue weighted by Crippen LogP contribution is -2.44. The molecule has 2 N–H and O–H groups in total. The summed E-state index contributed by atoms with van der Waals surface area (Å²) in [6.07, 6.45) is 0.634. The van der Waals surface area contributed by atoms with Gasteiger partial charge in [-0.05, 0) is 30.9 Å². The van der Waals surface area contributed by atoms with Gasteiger partial charge in [-0.1, -0.05) is 38.1 Å². The Morgan fingerprint density at radius 2 is 1.72 bits per heavy atom. The number of nitrogens with one attached hydrogen (secondary N) is 2. The fourth-order valence-electron chi connectivity index (χ4n) is 3.14. The van der Waals surface area contributed by atoms with Crippen molar-refractivity contribution >= 4 is 5.96 Å². The standard InChI is InChI=1S/C20H34N4O/c1-15(2)10-22-20(21-5)23-11-18-6-8-19(9-7-18)14-24-12-16(3)25-17(4)13-24/h6-9,15-17H,10-14H2,1-5H3,(H2,21,22,23). The number of hydrogen-bond acceptors (Lipinski definition) is 3. The molecule has 0 aromatic heterocycles. The number of hydrogen-bond donors (Lipinski definition) is 2. The van der Waals surface area contributed by atoms with Crippen molar-refractivity contribution in [3.05, 3.63) is 35.4 Å². The van der Waals surface area contributed by atoms with E-state index in [1.54, 1.807) is 0 Å². The van der Waals surface area contributed by atoms with E-state index in [2.05, 4.69) is 72.5 Å². The van der Waals surface area contributed by atoms with Gasteiger partial charge in [0.15, 0.2) is 5.96 Å². The van der Waals surface area contributed by atoms with Gasteiger partial charge in [0.2, 0.25) is 0 Å². The Hall–Kier alpha value is -1.59. The highest BCUT2D eigenvalue weighted by molar-refractivity contribution is 5.79. The minimum atomic E-state index is 0.317. The van der Waals surface area contributed by atoms with Crippen LogP contribution in [0.5, 0.6) is 0 Å². The third-order valence-electron chi connectivity index (χ3n) is 4.29. The van der Waals surface area contributed by atoms with Crippen LogP contribution in [-0.2, 0) is 17.8 Å². The van der Waals surface area contributed by atoms with Crippen molar-refractivity contribution in [3.8, 4) is 0 Å². The predicted molar refractivity (Wildman–Crippen MR) is 105 cm³/mol. The number of ether oxygens (including phenoxy) is 1. The monoisotopic (exact) mass is 346 g/mol. The zero-order chi connectivity index (χ0) is 18.2.